The Balaban J connectivity index is 1.22. The van der Waals surface area contributed by atoms with Gasteiger partial charge in [-0.3, -0.25) is 9.78 Å². The molecule has 3 aliphatic rings. The summed E-state index contributed by atoms with van der Waals surface area (Å²) in [6.07, 6.45) is 8.59. The number of pyridine rings is 1. The van der Waals surface area contributed by atoms with Crippen molar-refractivity contribution in [2.45, 2.75) is 52.1 Å². The predicted octanol–water partition coefficient (Wildman–Crippen LogP) is 2.54. The molecular weight excluding hydrogens is 328 g/mol. The Hall–Kier alpha value is -2.11. The van der Waals surface area contributed by atoms with Crippen LogP contribution in [0.2, 0.25) is 0 Å². The molecule has 0 unspecified atom stereocenters. The topological polar surface area (TPSA) is 65.5 Å². The molecule has 3 amide bonds. The van der Waals surface area contributed by atoms with Crippen LogP contribution in [-0.2, 0) is 17.9 Å². The van der Waals surface area contributed by atoms with Gasteiger partial charge in [-0.25, -0.2) is 4.79 Å². The summed E-state index contributed by atoms with van der Waals surface area (Å²) in [5.41, 5.74) is 2.71. The number of aromatic nitrogens is 1. The average Bonchev–Trinajstić information content (AvgIpc) is 3.13. The number of urea groups is 1. The Morgan fingerprint density at radius 2 is 2.00 bits per heavy atom. The van der Waals surface area contributed by atoms with E-state index in [9.17, 15) is 9.59 Å². The molecule has 2 fully saturated rings. The highest BCUT2D eigenvalue weighted by Gasteiger charge is 2.54. The number of amides is 3. The van der Waals surface area contributed by atoms with E-state index in [0.29, 0.717) is 36.8 Å². The minimum Gasteiger partial charge on any atom is -0.343 e. The van der Waals surface area contributed by atoms with Crippen LogP contribution in [0, 0.1) is 11.3 Å². The fraction of sp³-hybridized carbons (Fsp3) is 0.650. The van der Waals surface area contributed by atoms with Gasteiger partial charge in [0.25, 0.3) is 0 Å². The Kier molecular flexibility index (Phi) is 4.59. The van der Waals surface area contributed by atoms with Gasteiger partial charge in [0.2, 0.25) is 5.91 Å². The van der Waals surface area contributed by atoms with Crippen LogP contribution >= 0.6 is 0 Å². The second kappa shape index (κ2) is 6.89. The maximum absolute atomic E-state index is 12.5. The highest BCUT2D eigenvalue weighted by molar-refractivity contribution is 5.76. The van der Waals surface area contributed by atoms with Crippen molar-refractivity contribution >= 4 is 11.9 Å². The van der Waals surface area contributed by atoms with Crippen LogP contribution in [0.3, 0.4) is 0 Å². The van der Waals surface area contributed by atoms with Gasteiger partial charge in [-0.05, 0) is 54.2 Å². The Morgan fingerprint density at radius 1 is 1.23 bits per heavy atom. The van der Waals surface area contributed by atoms with Crippen molar-refractivity contribution in [3.63, 3.8) is 0 Å². The van der Waals surface area contributed by atoms with E-state index < -0.39 is 0 Å². The summed E-state index contributed by atoms with van der Waals surface area (Å²) in [7, 11) is 0. The van der Waals surface area contributed by atoms with Crippen LogP contribution in [0.25, 0.3) is 0 Å². The lowest BCUT2D eigenvalue weighted by atomic mass is 9.90. The van der Waals surface area contributed by atoms with Crippen molar-refractivity contribution < 1.29 is 9.59 Å². The number of piperidine rings is 1. The Morgan fingerprint density at radius 3 is 2.73 bits per heavy atom. The maximum atomic E-state index is 12.5. The molecule has 1 saturated heterocycles. The van der Waals surface area contributed by atoms with Gasteiger partial charge in [-0.15, -0.1) is 0 Å². The normalized spacial score (nSPS) is 23.0. The minimum absolute atomic E-state index is 0.0267. The molecule has 0 aromatic carbocycles. The molecule has 1 N–H and O–H groups in total. The smallest absolute Gasteiger partial charge is 0.318 e. The van der Waals surface area contributed by atoms with Gasteiger partial charge in [0.1, 0.15) is 0 Å². The van der Waals surface area contributed by atoms with Crippen molar-refractivity contribution in [3.05, 3.63) is 29.6 Å². The first kappa shape index (κ1) is 17.3. The number of carbonyl (C=O) groups excluding carboxylic acids is 2. The molecule has 6 heteroatoms. The molecule has 4 rings (SSSR count). The van der Waals surface area contributed by atoms with E-state index in [1.807, 2.05) is 22.1 Å². The molecule has 2 aliphatic heterocycles. The van der Waals surface area contributed by atoms with Gasteiger partial charge in [0.15, 0.2) is 0 Å². The van der Waals surface area contributed by atoms with E-state index in [1.54, 1.807) is 6.20 Å². The van der Waals surface area contributed by atoms with Crippen molar-refractivity contribution in [1.29, 1.82) is 0 Å². The van der Waals surface area contributed by atoms with Gasteiger partial charge in [-0.1, -0.05) is 6.92 Å². The largest absolute Gasteiger partial charge is 0.343 e. The summed E-state index contributed by atoms with van der Waals surface area (Å²) in [6.45, 7) is 5.91. The summed E-state index contributed by atoms with van der Waals surface area (Å²) in [6, 6.07) is 2.02. The molecule has 1 spiro atoms. The third-order valence-corrected chi connectivity index (χ3v) is 6.45. The van der Waals surface area contributed by atoms with Gasteiger partial charge >= 0.3 is 6.03 Å². The lowest BCUT2D eigenvalue weighted by Gasteiger charge is -2.33. The van der Waals surface area contributed by atoms with E-state index >= 15 is 0 Å². The van der Waals surface area contributed by atoms with Crippen LogP contribution in [0.5, 0.6) is 0 Å². The lowest BCUT2D eigenvalue weighted by Crippen LogP contribution is -2.41. The number of carbonyl (C=O) groups is 2. The number of nitrogens with one attached hydrogen (secondary N) is 1. The van der Waals surface area contributed by atoms with Crippen molar-refractivity contribution in [1.82, 2.24) is 20.1 Å². The zero-order valence-corrected chi connectivity index (χ0v) is 15.5. The molecule has 0 radical (unpaired) electrons. The molecule has 26 heavy (non-hydrogen) atoms. The summed E-state index contributed by atoms with van der Waals surface area (Å²) in [5, 5.41) is 3.13. The molecule has 1 atom stereocenters. The van der Waals surface area contributed by atoms with Gasteiger partial charge < -0.3 is 15.1 Å². The number of likely N-dealkylation sites (tertiary alicyclic amines) is 1. The number of hydrogen-bond acceptors (Lipinski definition) is 3. The molecule has 1 aromatic heterocycles. The van der Waals surface area contributed by atoms with E-state index in [1.165, 1.54) is 12.0 Å². The number of rotatable bonds is 4. The molecule has 0 bridgehead atoms. The van der Waals surface area contributed by atoms with E-state index in [0.717, 1.165) is 44.5 Å². The van der Waals surface area contributed by atoms with Gasteiger partial charge in [0.05, 0.1) is 0 Å². The first-order valence-electron chi connectivity index (χ1n) is 9.83. The second-order valence-electron chi connectivity index (χ2n) is 8.08. The molecule has 1 aromatic rings. The van der Waals surface area contributed by atoms with Crippen LogP contribution in [-0.4, -0.2) is 46.4 Å². The highest BCUT2D eigenvalue weighted by Crippen LogP contribution is 2.59. The fourth-order valence-corrected chi connectivity index (χ4v) is 4.59. The summed E-state index contributed by atoms with van der Waals surface area (Å²) >= 11 is 0. The van der Waals surface area contributed by atoms with Crippen LogP contribution < -0.4 is 5.32 Å². The maximum Gasteiger partial charge on any atom is 0.318 e. The summed E-state index contributed by atoms with van der Waals surface area (Å²) in [5.74, 6) is 0.873. The summed E-state index contributed by atoms with van der Waals surface area (Å²) < 4.78 is 0. The molecule has 6 nitrogen and oxygen atoms in total. The number of nitrogens with zero attached hydrogens (tertiary/aromatic N) is 3. The first-order valence-corrected chi connectivity index (χ1v) is 9.83. The Labute approximate surface area is 155 Å². The molecule has 1 aliphatic carbocycles. The molecule has 1 saturated carbocycles. The SMILES string of the molecule is CCCC(=O)N1CCC2(CC1)C[C@@H]2CNC(=O)N1Cc2ccncc2C1. The zero-order valence-electron chi connectivity index (χ0n) is 15.5. The molecule has 3 heterocycles. The highest BCUT2D eigenvalue weighted by atomic mass is 16.2. The van der Waals surface area contributed by atoms with Crippen LogP contribution in [0.15, 0.2) is 18.5 Å². The molecular formula is C20H28N4O2. The Bertz CT molecular complexity index is 672. The standard InChI is InChI=1S/C20H28N4O2/c1-2-3-18(25)23-8-5-20(6-9-23)10-17(20)12-22-19(26)24-13-15-4-7-21-11-16(15)14-24/h4,7,11,17H,2-3,5-6,8-10,12-14H2,1H3,(H,22,26)/t17-/m1/s1. The van der Waals surface area contributed by atoms with Crippen molar-refractivity contribution in [2.24, 2.45) is 11.3 Å². The third kappa shape index (κ3) is 3.29. The molecule has 140 valence electrons. The van der Waals surface area contributed by atoms with E-state index in [2.05, 4.69) is 17.2 Å². The number of fused-ring (bicyclic) bond motifs is 1. The first-order chi connectivity index (χ1) is 12.6. The van der Waals surface area contributed by atoms with Crippen molar-refractivity contribution in [3.8, 4) is 0 Å². The van der Waals surface area contributed by atoms with Crippen LogP contribution in [0.1, 0.15) is 50.2 Å². The third-order valence-electron chi connectivity index (χ3n) is 6.45. The second-order valence-corrected chi connectivity index (χ2v) is 8.08. The zero-order chi connectivity index (χ0) is 18.1. The van der Waals surface area contributed by atoms with Crippen LogP contribution in [0.4, 0.5) is 4.79 Å². The van der Waals surface area contributed by atoms with Gasteiger partial charge in [-0.2, -0.15) is 0 Å². The lowest BCUT2D eigenvalue weighted by molar-refractivity contribution is -0.132. The van der Waals surface area contributed by atoms with E-state index in [-0.39, 0.29) is 6.03 Å². The fourth-order valence-electron chi connectivity index (χ4n) is 4.59. The van der Waals surface area contributed by atoms with Gasteiger partial charge in [0, 0.05) is 51.5 Å². The van der Waals surface area contributed by atoms with E-state index in [4.69, 9.17) is 0 Å². The minimum atomic E-state index is 0.0267. The van der Waals surface area contributed by atoms with Crippen molar-refractivity contribution in [2.75, 3.05) is 19.6 Å². The average molecular weight is 356 g/mol. The summed E-state index contributed by atoms with van der Waals surface area (Å²) in [4.78, 5) is 32.5. The predicted molar refractivity (Wildman–Crippen MR) is 98.1 cm³/mol. The number of hydrogen-bond donors (Lipinski definition) is 1. The quantitative estimate of drug-likeness (QED) is 0.902. The monoisotopic (exact) mass is 356 g/mol.